The Bertz CT molecular complexity index is 495. The number of amides is 2. The van der Waals surface area contributed by atoms with Crippen molar-refractivity contribution in [1.29, 1.82) is 0 Å². The molecule has 2 atom stereocenters. The molecule has 1 aromatic carbocycles. The van der Waals surface area contributed by atoms with E-state index in [-0.39, 0.29) is 6.03 Å². The van der Waals surface area contributed by atoms with E-state index in [9.17, 15) is 14.7 Å². The van der Waals surface area contributed by atoms with Crippen molar-refractivity contribution in [2.75, 3.05) is 18.8 Å². The summed E-state index contributed by atoms with van der Waals surface area (Å²) in [5, 5.41) is 12.3. The third-order valence-electron chi connectivity index (χ3n) is 3.41. The summed E-state index contributed by atoms with van der Waals surface area (Å²) in [4.78, 5) is 25.2. The number of nitrogens with one attached hydrogen (secondary N) is 1. The quantitative estimate of drug-likeness (QED) is 0.890. The number of aliphatic carboxylic acids is 1. The van der Waals surface area contributed by atoms with E-state index in [4.69, 9.17) is 0 Å². The number of carboxylic acids is 1. The Balaban J connectivity index is 1.96. The molecule has 2 rings (SSSR count). The van der Waals surface area contributed by atoms with Gasteiger partial charge >= 0.3 is 12.0 Å². The minimum atomic E-state index is -1.01. The van der Waals surface area contributed by atoms with Gasteiger partial charge in [0, 0.05) is 30.5 Å². The highest BCUT2D eigenvalue weighted by atomic mass is 32.2. The van der Waals surface area contributed by atoms with Crippen LogP contribution in [0.1, 0.15) is 12.5 Å². The third-order valence-corrected chi connectivity index (χ3v) is 4.54. The Kier molecular flexibility index (Phi) is 5.50. The van der Waals surface area contributed by atoms with Gasteiger partial charge in [-0.1, -0.05) is 37.3 Å². The molecule has 0 radical (unpaired) electrons. The van der Waals surface area contributed by atoms with Gasteiger partial charge in [-0.05, 0) is 5.56 Å². The normalized spacial score (nSPS) is 19.9. The monoisotopic (exact) mass is 308 g/mol. The third kappa shape index (κ3) is 4.67. The molecule has 1 aliphatic rings. The minimum absolute atomic E-state index is 0.287. The molecule has 2 N–H and O–H groups in total. The fraction of sp³-hybridized carbons (Fsp3) is 0.467. The van der Waals surface area contributed by atoms with Crippen molar-refractivity contribution in [2.45, 2.75) is 24.6 Å². The minimum Gasteiger partial charge on any atom is -0.480 e. The van der Waals surface area contributed by atoms with Crippen molar-refractivity contribution in [3.8, 4) is 0 Å². The van der Waals surface area contributed by atoms with Crippen LogP contribution in [-0.4, -0.2) is 52.1 Å². The number of rotatable bonds is 4. The fourth-order valence-corrected chi connectivity index (χ4v) is 3.31. The second-order valence-corrected chi connectivity index (χ2v) is 6.70. The van der Waals surface area contributed by atoms with Gasteiger partial charge in [-0.25, -0.2) is 9.59 Å². The summed E-state index contributed by atoms with van der Waals surface area (Å²) < 4.78 is 0. The summed E-state index contributed by atoms with van der Waals surface area (Å²) in [7, 11) is 0. The van der Waals surface area contributed by atoms with E-state index in [1.165, 1.54) is 0 Å². The number of urea groups is 1. The smallest absolute Gasteiger partial charge is 0.326 e. The van der Waals surface area contributed by atoms with Crippen molar-refractivity contribution in [2.24, 2.45) is 0 Å². The Morgan fingerprint density at radius 3 is 2.76 bits per heavy atom. The molecule has 1 aliphatic heterocycles. The van der Waals surface area contributed by atoms with Gasteiger partial charge in [0.2, 0.25) is 0 Å². The van der Waals surface area contributed by atoms with E-state index in [1.807, 2.05) is 42.1 Å². The highest BCUT2D eigenvalue weighted by Gasteiger charge is 2.26. The van der Waals surface area contributed by atoms with Crippen LogP contribution in [0.5, 0.6) is 0 Å². The number of carboxylic acid groups (broad SMARTS) is 1. The summed E-state index contributed by atoms with van der Waals surface area (Å²) in [6.07, 6.45) is 0.292. The van der Waals surface area contributed by atoms with Crippen molar-refractivity contribution in [3.05, 3.63) is 35.9 Å². The SMILES string of the molecule is CC1CN(C(=O)NC(Cc2ccccc2)C(=O)O)CCS1. The van der Waals surface area contributed by atoms with Gasteiger partial charge in [-0.15, -0.1) is 0 Å². The Morgan fingerprint density at radius 2 is 2.14 bits per heavy atom. The molecule has 2 amide bonds. The summed E-state index contributed by atoms with van der Waals surface area (Å²) in [6, 6.07) is 8.14. The zero-order chi connectivity index (χ0) is 15.2. The largest absolute Gasteiger partial charge is 0.480 e. The maximum absolute atomic E-state index is 12.2. The van der Waals surface area contributed by atoms with Crippen LogP contribution in [0, 0.1) is 0 Å². The lowest BCUT2D eigenvalue weighted by Gasteiger charge is -2.31. The van der Waals surface area contributed by atoms with Gasteiger partial charge in [-0.2, -0.15) is 11.8 Å². The number of carbonyl (C=O) groups is 2. The first-order chi connectivity index (χ1) is 10.1. The molecule has 1 aromatic rings. The second-order valence-electron chi connectivity index (χ2n) is 5.16. The van der Waals surface area contributed by atoms with Crippen LogP contribution in [-0.2, 0) is 11.2 Å². The Hall–Kier alpha value is -1.69. The van der Waals surface area contributed by atoms with Gasteiger partial charge in [-0.3, -0.25) is 0 Å². The van der Waals surface area contributed by atoms with Crippen LogP contribution in [0.25, 0.3) is 0 Å². The first-order valence-corrected chi connectivity index (χ1v) is 8.05. The second kappa shape index (κ2) is 7.36. The first-order valence-electron chi connectivity index (χ1n) is 7.00. The van der Waals surface area contributed by atoms with E-state index in [1.54, 1.807) is 4.90 Å². The van der Waals surface area contributed by atoms with Crippen molar-refractivity contribution < 1.29 is 14.7 Å². The van der Waals surface area contributed by atoms with E-state index in [0.29, 0.717) is 24.8 Å². The van der Waals surface area contributed by atoms with Crippen LogP contribution < -0.4 is 5.32 Å². The molecule has 1 fully saturated rings. The lowest BCUT2D eigenvalue weighted by molar-refractivity contribution is -0.139. The summed E-state index contributed by atoms with van der Waals surface area (Å²) in [6.45, 7) is 3.40. The van der Waals surface area contributed by atoms with Gasteiger partial charge in [0.25, 0.3) is 0 Å². The molecule has 1 heterocycles. The average Bonchev–Trinajstić information content (AvgIpc) is 2.47. The van der Waals surface area contributed by atoms with E-state index < -0.39 is 12.0 Å². The van der Waals surface area contributed by atoms with E-state index in [0.717, 1.165) is 11.3 Å². The highest BCUT2D eigenvalue weighted by Crippen LogP contribution is 2.17. The van der Waals surface area contributed by atoms with Crippen LogP contribution in [0.4, 0.5) is 4.79 Å². The van der Waals surface area contributed by atoms with Crippen molar-refractivity contribution >= 4 is 23.8 Å². The molecule has 5 nitrogen and oxygen atoms in total. The molecular weight excluding hydrogens is 288 g/mol. The predicted molar refractivity (Wildman–Crippen MR) is 83.6 cm³/mol. The maximum atomic E-state index is 12.2. The number of benzene rings is 1. The molecule has 114 valence electrons. The molecule has 6 heteroatoms. The van der Waals surface area contributed by atoms with Crippen LogP contribution in [0.2, 0.25) is 0 Å². The number of thioether (sulfide) groups is 1. The Labute approximate surface area is 128 Å². The van der Waals surface area contributed by atoms with Gasteiger partial charge in [0.05, 0.1) is 0 Å². The number of nitrogens with zero attached hydrogens (tertiary/aromatic N) is 1. The first kappa shape index (κ1) is 15.7. The molecule has 0 spiro atoms. The summed E-state index contributed by atoms with van der Waals surface area (Å²) in [5.41, 5.74) is 0.896. The fourth-order valence-electron chi connectivity index (χ4n) is 2.29. The number of carbonyl (C=O) groups excluding carboxylic acids is 1. The molecule has 0 aromatic heterocycles. The molecule has 0 aliphatic carbocycles. The zero-order valence-electron chi connectivity index (χ0n) is 12.0. The topological polar surface area (TPSA) is 69.6 Å². The number of hydrogen-bond donors (Lipinski definition) is 2. The molecule has 1 saturated heterocycles. The lowest BCUT2D eigenvalue weighted by Crippen LogP contribution is -2.52. The van der Waals surface area contributed by atoms with Crippen LogP contribution in [0.15, 0.2) is 30.3 Å². The summed E-state index contributed by atoms with van der Waals surface area (Å²) in [5.74, 6) is -0.114. The van der Waals surface area contributed by atoms with Crippen LogP contribution >= 0.6 is 11.8 Å². The van der Waals surface area contributed by atoms with Crippen LogP contribution in [0.3, 0.4) is 0 Å². The van der Waals surface area contributed by atoms with Crippen molar-refractivity contribution in [3.63, 3.8) is 0 Å². The number of hydrogen-bond acceptors (Lipinski definition) is 3. The standard InChI is InChI=1S/C15H20N2O3S/c1-11-10-17(7-8-21-11)15(20)16-13(14(18)19)9-12-5-3-2-4-6-12/h2-6,11,13H,7-10H2,1H3,(H,16,20)(H,18,19). The molecular formula is C15H20N2O3S. The molecule has 0 bridgehead atoms. The molecule has 0 saturated carbocycles. The summed E-state index contributed by atoms with van der Waals surface area (Å²) >= 11 is 1.83. The molecule has 2 unspecified atom stereocenters. The average molecular weight is 308 g/mol. The van der Waals surface area contributed by atoms with E-state index >= 15 is 0 Å². The van der Waals surface area contributed by atoms with Gasteiger partial charge in [0.15, 0.2) is 0 Å². The maximum Gasteiger partial charge on any atom is 0.326 e. The van der Waals surface area contributed by atoms with Gasteiger partial charge < -0.3 is 15.3 Å². The molecule has 21 heavy (non-hydrogen) atoms. The van der Waals surface area contributed by atoms with Gasteiger partial charge in [0.1, 0.15) is 6.04 Å². The zero-order valence-corrected chi connectivity index (χ0v) is 12.8. The predicted octanol–water partition coefficient (Wildman–Crippen LogP) is 1.83. The highest BCUT2D eigenvalue weighted by molar-refractivity contribution is 7.99. The lowest BCUT2D eigenvalue weighted by atomic mass is 10.1. The Morgan fingerprint density at radius 1 is 1.43 bits per heavy atom. The van der Waals surface area contributed by atoms with Crippen molar-refractivity contribution in [1.82, 2.24) is 10.2 Å². The van der Waals surface area contributed by atoms with E-state index in [2.05, 4.69) is 12.2 Å².